The minimum Gasteiger partial charge on any atom is -0.507 e. The first-order valence-electron chi connectivity index (χ1n) is 7.09. The summed E-state index contributed by atoms with van der Waals surface area (Å²) in [6.07, 6.45) is 3.80. The Morgan fingerprint density at radius 3 is 2.50 bits per heavy atom. The molecule has 2 rings (SSSR count). The van der Waals surface area contributed by atoms with Gasteiger partial charge in [0.25, 0.3) is 0 Å². The van der Waals surface area contributed by atoms with Crippen LogP contribution in [0.5, 0.6) is 5.75 Å². The predicted octanol–water partition coefficient (Wildman–Crippen LogP) is 3.47. The molecule has 0 aliphatic carbocycles. The molecule has 1 heterocycles. The summed E-state index contributed by atoms with van der Waals surface area (Å²) in [7, 11) is 0. The highest BCUT2D eigenvalue weighted by Gasteiger charge is 2.10. The van der Waals surface area contributed by atoms with Crippen LogP contribution in [0, 0.1) is 0 Å². The lowest BCUT2D eigenvalue weighted by atomic mass is 10.0. The van der Waals surface area contributed by atoms with Crippen LogP contribution in [0.1, 0.15) is 36.7 Å². The van der Waals surface area contributed by atoms with Crippen molar-refractivity contribution in [3.8, 4) is 5.75 Å². The molecule has 3 nitrogen and oxygen atoms in total. The maximum Gasteiger partial charge on any atom is 0.342 e. The minimum absolute atomic E-state index is 0.0674. The zero-order valence-electron chi connectivity index (χ0n) is 11.8. The third kappa shape index (κ3) is 3.73. The maximum absolute atomic E-state index is 11.9. The molecule has 0 bridgehead atoms. The maximum atomic E-state index is 11.9. The standard InChI is InChI=1S/C17H20O3/c1-2-7-14-12-16(18)15(17(19)20-14)11-6-10-13-8-4-3-5-9-13/h3-5,8-9,12,18H,2,6-7,10-11H2,1H3. The number of hydrogen-bond donors (Lipinski definition) is 1. The van der Waals surface area contributed by atoms with Crippen molar-refractivity contribution in [2.75, 3.05) is 0 Å². The Hall–Kier alpha value is -2.03. The van der Waals surface area contributed by atoms with Gasteiger partial charge in [0.15, 0.2) is 0 Å². The van der Waals surface area contributed by atoms with Crippen molar-refractivity contribution in [3.05, 3.63) is 63.7 Å². The summed E-state index contributed by atoms with van der Waals surface area (Å²) in [4.78, 5) is 11.9. The van der Waals surface area contributed by atoms with Gasteiger partial charge in [0.2, 0.25) is 0 Å². The Balaban J connectivity index is 2.01. The molecular weight excluding hydrogens is 252 g/mol. The molecule has 0 radical (unpaired) electrons. The number of rotatable bonds is 6. The van der Waals surface area contributed by atoms with E-state index in [9.17, 15) is 9.90 Å². The molecule has 0 aliphatic heterocycles. The van der Waals surface area contributed by atoms with Crippen LogP contribution in [0.3, 0.4) is 0 Å². The van der Waals surface area contributed by atoms with E-state index in [-0.39, 0.29) is 5.75 Å². The van der Waals surface area contributed by atoms with Crippen LogP contribution in [-0.2, 0) is 19.3 Å². The van der Waals surface area contributed by atoms with Gasteiger partial charge in [-0.05, 0) is 31.2 Å². The smallest absolute Gasteiger partial charge is 0.342 e. The molecule has 1 aromatic heterocycles. The minimum atomic E-state index is -0.401. The second kappa shape index (κ2) is 6.94. The van der Waals surface area contributed by atoms with Crippen molar-refractivity contribution < 1.29 is 9.52 Å². The fourth-order valence-corrected chi connectivity index (χ4v) is 2.27. The van der Waals surface area contributed by atoms with Crippen molar-refractivity contribution in [2.24, 2.45) is 0 Å². The molecule has 0 amide bonds. The Bertz CT molecular complexity index is 599. The van der Waals surface area contributed by atoms with E-state index in [0.29, 0.717) is 24.2 Å². The molecule has 1 N–H and O–H groups in total. The second-order valence-corrected chi connectivity index (χ2v) is 4.95. The van der Waals surface area contributed by atoms with E-state index in [4.69, 9.17) is 4.42 Å². The number of benzene rings is 1. The molecular formula is C17H20O3. The summed E-state index contributed by atoms with van der Waals surface area (Å²) in [5.74, 6) is 0.625. The lowest BCUT2D eigenvalue weighted by molar-refractivity contribution is 0.410. The van der Waals surface area contributed by atoms with Crippen molar-refractivity contribution >= 4 is 0 Å². The van der Waals surface area contributed by atoms with E-state index in [1.807, 2.05) is 25.1 Å². The van der Waals surface area contributed by atoms with Crippen LogP contribution in [-0.4, -0.2) is 5.11 Å². The zero-order chi connectivity index (χ0) is 14.4. The Labute approximate surface area is 118 Å². The van der Waals surface area contributed by atoms with Crippen molar-refractivity contribution in [1.29, 1.82) is 0 Å². The molecule has 20 heavy (non-hydrogen) atoms. The molecule has 0 atom stereocenters. The van der Waals surface area contributed by atoms with Gasteiger partial charge in [0.1, 0.15) is 11.5 Å². The van der Waals surface area contributed by atoms with E-state index >= 15 is 0 Å². The van der Waals surface area contributed by atoms with Gasteiger partial charge in [0, 0.05) is 12.5 Å². The lowest BCUT2D eigenvalue weighted by Gasteiger charge is -2.05. The molecule has 0 saturated heterocycles. The molecule has 0 saturated carbocycles. The molecule has 0 unspecified atom stereocenters. The second-order valence-electron chi connectivity index (χ2n) is 4.95. The summed E-state index contributed by atoms with van der Waals surface area (Å²) in [5.41, 5.74) is 1.22. The number of aryl methyl sites for hydroxylation is 2. The monoisotopic (exact) mass is 272 g/mol. The quantitative estimate of drug-likeness (QED) is 0.876. The van der Waals surface area contributed by atoms with Crippen LogP contribution in [0.25, 0.3) is 0 Å². The van der Waals surface area contributed by atoms with Gasteiger partial charge in [-0.2, -0.15) is 0 Å². The first-order valence-corrected chi connectivity index (χ1v) is 7.09. The van der Waals surface area contributed by atoms with Gasteiger partial charge in [0.05, 0.1) is 5.56 Å². The first kappa shape index (κ1) is 14.4. The van der Waals surface area contributed by atoms with Gasteiger partial charge in [-0.15, -0.1) is 0 Å². The van der Waals surface area contributed by atoms with Crippen LogP contribution in [0.2, 0.25) is 0 Å². The summed E-state index contributed by atoms with van der Waals surface area (Å²) >= 11 is 0. The lowest BCUT2D eigenvalue weighted by Crippen LogP contribution is -2.09. The third-order valence-electron chi connectivity index (χ3n) is 3.31. The fraction of sp³-hybridized carbons (Fsp3) is 0.353. The average molecular weight is 272 g/mol. The molecule has 0 aliphatic rings. The Kier molecular flexibility index (Phi) is 4.99. The summed E-state index contributed by atoms with van der Waals surface area (Å²) in [6, 6.07) is 11.7. The highest BCUT2D eigenvalue weighted by Crippen LogP contribution is 2.18. The summed E-state index contributed by atoms with van der Waals surface area (Å²) in [5, 5.41) is 9.94. The van der Waals surface area contributed by atoms with Crippen LogP contribution in [0.15, 0.2) is 45.6 Å². The average Bonchev–Trinajstić information content (AvgIpc) is 2.43. The predicted molar refractivity (Wildman–Crippen MR) is 79.1 cm³/mol. The third-order valence-corrected chi connectivity index (χ3v) is 3.31. The van der Waals surface area contributed by atoms with Gasteiger partial charge < -0.3 is 9.52 Å². The SMILES string of the molecule is CCCc1cc(O)c(CCCc2ccccc2)c(=O)o1. The highest BCUT2D eigenvalue weighted by atomic mass is 16.4. The van der Waals surface area contributed by atoms with Gasteiger partial charge in [-0.1, -0.05) is 37.3 Å². The summed E-state index contributed by atoms with van der Waals surface area (Å²) in [6.45, 7) is 2.00. The number of aromatic hydroxyl groups is 1. The molecule has 0 fully saturated rings. The zero-order valence-corrected chi connectivity index (χ0v) is 11.8. The Morgan fingerprint density at radius 2 is 1.85 bits per heavy atom. The van der Waals surface area contributed by atoms with Gasteiger partial charge in [-0.3, -0.25) is 0 Å². The van der Waals surface area contributed by atoms with E-state index in [1.165, 1.54) is 5.56 Å². The van der Waals surface area contributed by atoms with E-state index in [2.05, 4.69) is 12.1 Å². The van der Waals surface area contributed by atoms with Crippen LogP contribution in [0.4, 0.5) is 0 Å². The van der Waals surface area contributed by atoms with Gasteiger partial charge in [-0.25, -0.2) is 4.79 Å². The van der Waals surface area contributed by atoms with E-state index < -0.39 is 5.63 Å². The molecule has 1 aromatic carbocycles. The summed E-state index contributed by atoms with van der Waals surface area (Å²) < 4.78 is 5.22. The van der Waals surface area contributed by atoms with E-state index in [0.717, 1.165) is 19.3 Å². The molecule has 106 valence electrons. The topological polar surface area (TPSA) is 50.4 Å². The van der Waals surface area contributed by atoms with E-state index in [1.54, 1.807) is 6.07 Å². The van der Waals surface area contributed by atoms with Crippen LogP contribution >= 0.6 is 0 Å². The van der Waals surface area contributed by atoms with Crippen LogP contribution < -0.4 is 5.63 Å². The largest absolute Gasteiger partial charge is 0.507 e. The fourth-order valence-electron chi connectivity index (χ4n) is 2.27. The first-order chi connectivity index (χ1) is 9.70. The van der Waals surface area contributed by atoms with Crippen molar-refractivity contribution in [3.63, 3.8) is 0 Å². The molecule has 0 spiro atoms. The van der Waals surface area contributed by atoms with Crippen molar-refractivity contribution in [1.82, 2.24) is 0 Å². The molecule has 2 aromatic rings. The normalized spacial score (nSPS) is 10.7. The van der Waals surface area contributed by atoms with Crippen molar-refractivity contribution in [2.45, 2.75) is 39.0 Å². The molecule has 3 heteroatoms. The van der Waals surface area contributed by atoms with Gasteiger partial charge >= 0.3 is 5.63 Å². The Morgan fingerprint density at radius 1 is 1.10 bits per heavy atom. The highest BCUT2D eigenvalue weighted by molar-refractivity contribution is 5.30. The number of hydrogen-bond acceptors (Lipinski definition) is 3.